The number of rotatable bonds is 6. The fourth-order valence-electron chi connectivity index (χ4n) is 4.07. The van der Waals surface area contributed by atoms with Gasteiger partial charge in [0.15, 0.2) is 5.82 Å². The summed E-state index contributed by atoms with van der Waals surface area (Å²) in [7, 11) is -1.77. The summed E-state index contributed by atoms with van der Waals surface area (Å²) in [5, 5.41) is 16.4. The van der Waals surface area contributed by atoms with Gasteiger partial charge in [-0.15, -0.1) is 0 Å². The maximum absolute atomic E-state index is 14.6. The lowest BCUT2D eigenvalue weighted by Crippen LogP contribution is -2.24. The lowest BCUT2D eigenvalue weighted by atomic mass is 9.87. The summed E-state index contributed by atoms with van der Waals surface area (Å²) in [5.41, 5.74) is 1.46. The van der Waals surface area contributed by atoms with Crippen LogP contribution in [-0.2, 0) is 17.4 Å². The Hall–Kier alpha value is -3.25. The molecule has 0 aliphatic heterocycles. The third-order valence-electron chi connectivity index (χ3n) is 5.85. The summed E-state index contributed by atoms with van der Waals surface area (Å²) in [5.74, 6) is 1.43. The number of aryl methyl sites for hydroxylation is 1. The topological polar surface area (TPSA) is 146 Å². The lowest BCUT2D eigenvalue weighted by Gasteiger charge is -2.26. The Morgan fingerprint density at radius 1 is 1.27 bits per heavy atom. The molecule has 0 spiro atoms. The number of H-pyrrole nitrogens is 1. The number of nitrogens with zero attached hydrogens (tertiary/aromatic N) is 5. The number of ether oxygens (including phenoxy) is 1. The fourth-order valence-corrected chi connectivity index (χ4v) is 4.49. The Morgan fingerprint density at radius 2 is 2.09 bits per heavy atom. The highest BCUT2D eigenvalue weighted by Gasteiger charge is 2.28. The van der Waals surface area contributed by atoms with Crippen LogP contribution in [0.1, 0.15) is 50.2 Å². The van der Waals surface area contributed by atoms with E-state index in [4.69, 9.17) is 14.4 Å². The fraction of sp³-hybridized carbons (Fsp3) is 0.381. The molecule has 0 amide bonds. The standard InChI is InChI=1S/C21H22FN7O3S/c1-2-16-26-20(32-29-16)11-3-5-12(6-4-11)31-21-19-18(24-10-25-21)17(27-28-19)14-8-7-13(33(23)30)9-15(14)22/h7-12H,2-6,23H2,1H3,(H,27,28). The van der Waals surface area contributed by atoms with E-state index in [1.807, 2.05) is 6.92 Å². The molecule has 5 rings (SSSR count). The van der Waals surface area contributed by atoms with E-state index in [-0.39, 0.29) is 22.5 Å². The lowest BCUT2D eigenvalue weighted by molar-refractivity contribution is 0.135. The van der Waals surface area contributed by atoms with Gasteiger partial charge >= 0.3 is 0 Å². The first-order chi connectivity index (χ1) is 16.0. The third-order valence-corrected chi connectivity index (χ3v) is 6.56. The van der Waals surface area contributed by atoms with E-state index in [0.717, 1.165) is 44.0 Å². The number of aromatic amines is 1. The van der Waals surface area contributed by atoms with E-state index in [0.29, 0.717) is 28.5 Å². The summed E-state index contributed by atoms with van der Waals surface area (Å²) < 4.78 is 37.6. The molecule has 1 aromatic carbocycles. The summed E-state index contributed by atoms with van der Waals surface area (Å²) in [6, 6.07) is 4.12. The summed E-state index contributed by atoms with van der Waals surface area (Å²) in [6.07, 6.45) is 5.46. The van der Waals surface area contributed by atoms with E-state index < -0.39 is 16.8 Å². The van der Waals surface area contributed by atoms with Gasteiger partial charge in [0.05, 0.1) is 4.90 Å². The van der Waals surface area contributed by atoms with Crippen LogP contribution in [0.2, 0.25) is 0 Å². The number of aromatic nitrogens is 6. The molecule has 172 valence electrons. The molecule has 10 nitrogen and oxygen atoms in total. The molecule has 33 heavy (non-hydrogen) atoms. The van der Waals surface area contributed by atoms with Crippen LogP contribution in [0.25, 0.3) is 22.3 Å². The predicted octanol–water partition coefficient (Wildman–Crippen LogP) is 3.19. The van der Waals surface area contributed by atoms with E-state index in [2.05, 4.69) is 30.3 Å². The second-order valence-electron chi connectivity index (χ2n) is 7.91. The molecule has 0 saturated heterocycles. The Morgan fingerprint density at radius 3 is 2.79 bits per heavy atom. The molecule has 1 aliphatic carbocycles. The van der Waals surface area contributed by atoms with Crippen molar-refractivity contribution in [3.05, 3.63) is 42.1 Å². The van der Waals surface area contributed by atoms with Crippen molar-refractivity contribution in [2.75, 3.05) is 0 Å². The van der Waals surface area contributed by atoms with Gasteiger partial charge in [0.25, 0.3) is 0 Å². The number of benzene rings is 1. The maximum Gasteiger partial charge on any atom is 0.243 e. The molecule has 1 aliphatic rings. The maximum atomic E-state index is 14.6. The van der Waals surface area contributed by atoms with Crippen LogP contribution in [0.3, 0.4) is 0 Å². The van der Waals surface area contributed by atoms with E-state index in [1.54, 1.807) is 0 Å². The Balaban J connectivity index is 1.33. The minimum absolute atomic E-state index is 0.0322. The molecular formula is C21H22FN7O3S. The molecule has 1 atom stereocenters. The van der Waals surface area contributed by atoms with Gasteiger partial charge in [-0.2, -0.15) is 15.1 Å². The van der Waals surface area contributed by atoms with Crippen LogP contribution < -0.4 is 9.88 Å². The average molecular weight is 472 g/mol. The normalized spacial score (nSPS) is 19.6. The zero-order valence-electron chi connectivity index (χ0n) is 17.8. The van der Waals surface area contributed by atoms with E-state index >= 15 is 0 Å². The van der Waals surface area contributed by atoms with Crippen LogP contribution in [-0.4, -0.2) is 40.6 Å². The van der Waals surface area contributed by atoms with Gasteiger partial charge in [-0.05, 0) is 43.9 Å². The van der Waals surface area contributed by atoms with Gasteiger partial charge in [-0.25, -0.2) is 18.7 Å². The van der Waals surface area contributed by atoms with E-state index in [1.165, 1.54) is 18.5 Å². The predicted molar refractivity (Wildman–Crippen MR) is 117 cm³/mol. The smallest absolute Gasteiger partial charge is 0.243 e. The molecule has 12 heteroatoms. The van der Waals surface area contributed by atoms with Crippen molar-refractivity contribution in [1.82, 2.24) is 30.3 Å². The monoisotopic (exact) mass is 471 g/mol. The Kier molecular flexibility index (Phi) is 5.85. The molecule has 0 radical (unpaired) electrons. The van der Waals surface area contributed by atoms with Crippen molar-refractivity contribution in [2.24, 2.45) is 5.14 Å². The second-order valence-corrected chi connectivity index (χ2v) is 8.97. The number of fused-ring (bicyclic) bond motifs is 1. The number of hydrogen-bond donors (Lipinski definition) is 2. The van der Waals surface area contributed by atoms with Gasteiger partial charge < -0.3 is 9.26 Å². The zero-order chi connectivity index (χ0) is 22.9. The first-order valence-corrected chi connectivity index (χ1v) is 11.9. The summed E-state index contributed by atoms with van der Waals surface area (Å²) >= 11 is 0. The number of nitrogens with one attached hydrogen (secondary N) is 1. The largest absolute Gasteiger partial charge is 0.473 e. The van der Waals surface area contributed by atoms with Gasteiger partial charge in [-0.1, -0.05) is 12.1 Å². The number of hydrogen-bond acceptors (Lipinski definition) is 8. The second kappa shape index (κ2) is 8.94. The van der Waals surface area contributed by atoms with Gasteiger partial charge in [0.2, 0.25) is 11.8 Å². The van der Waals surface area contributed by atoms with Crippen molar-refractivity contribution in [2.45, 2.75) is 55.9 Å². The number of nitrogens with two attached hydrogens (primary N) is 1. The van der Waals surface area contributed by atoms with Crippen LogP contribution >= 0.6 is 0 Å². The van der Waals surface area contributed by atoms with Crippen molar-refractivity contribution >= 4 is 22.0 Å². The van der Waals surface area contributed by atoms with Crippen LogP contribution in [0.5, 0.6) is 5.88 Å². The quantitative estimate of drug-likeness (QED) is 0.436. The first kappa shape index (κ1) is 21.6. The molecule has 0 bridgehead atoms. The average Bonchev–Trinajstić information content (AvgIpc) is 3.47. The Labute approximate surface area is 190 Å². The van der Waals surface area contributed by atoms with Gasteiger partial charge in [0.1, 0.15) is 46.0 Å². The van der Waals surface area contributed by atoms with Crippen LogP contribution in [0.4, 0.5) is 4.39 Å². The highest BCUT2D eigenvalue weighted by Crippen LogP contribution is 2.35. The molecule has 1 fully saturated rings. The minimum atomic E-state index is -1.77. The minimum Gasteiger partial charge on any atom is -0.473 e. The van der Waals surface area contributed by atoms with Crippen molar-refractivity contribution < 1.29 is 17.9 Å². The summed E-state index contributed by atoms with van der Waals surface area (Å²) in [4.78, 5) is 13.2. The third kappa shape index (κ3) is 4.23. The van der Waals surface area contributed by atoms with E-state index in [9.17, 15) is 8.60 Å². The molecular weight excluding hydrogens is 449 g/mol. The molecule has 1 saturated carbocycles. The van der Waals surface area contributed by atoms with Crippen molar-refractivity contribution in [1.29, 1.82) is 0 Å². The van der Waals surface area contributed by atoms with Crippen molar-refractivity contribution in [3.8, 4) is 17.1 Å². The molecule has 3 aromatic heterocycles. The molecule has 1 unspecified atom stereocenters. The summed E-state index contributed by atoms with van der Waals surface area (Å²) in [6.45, 7) is 1.99. The number of halogens is 1. The Bertz CT molecular complexity index is 1320. The SMILES string of the molecule is CCc1noc(C2CCC(Oc3ncnc4c(-c5ccc(S(N)=O)cc5F)n[nH]c34)CC2)n1. The van der Waals surface area contributed by atoms with Crippen molar-refractivity contribution in [3.63, 3.8) is 0 Å². The zero-order valence-corrected chi connectivity index (χ0v) is 18.6. The highest BCUT2D eigenvalue weighted by molar-refractivity contribution is 7.82. The molecule has 3 heterocycles. The molecule has 4 aromatic rings. The highest BCUT2D eigenvalue weighted by atomic mass is 32.2. The first-order valence-electron chi connectivity index (χ1n) is 10.7. The van der Waals surface area contributed by atoms with Gasteiger partial charge in [-0.3, -0.25) is 5.10 Å². The molecule has 3 N–H and O–H groups in total. The van der Waals surface area contributed by atoms with Crippen LogP contribution in [0.15, 0.2) is 33.9 Å². The van der Waals surface area contributed by atoms with Crippen LogP contribution in [0, 0.1) is 5.82 Å². The van der Waals surface area contributed by atoms with Gasteiger partial charge in [0, 0.05) is 17.9 Å².